The van der Waals surface area contributed by atoms with Crippen LogP contribution in [-0.4, -0.2) is 17.7 Å². The minimum atomic E-state index is -4.89. The Morgan fingerprint density at radius 1 is 1.40 bits per heavy atom. The van der Waals surface area contributed by atoms with Gasteiger partial charge in [0.15, 0.2) is 0 Å². The molecule has 0 radical (unpaired) electrons. The Bertz CT molecular complexity index is 308. The van der Waals surface area contributed by atoms with Crippen molar-refractivity contribution in [2.45, 2.75) is 37.5 Å². The molecule has 2 atom stereocenters. The van der Waals surface area contributed by atoms with E-state index in [1.54, 1.807) is 12.2 Å². The lowest BCUT2D eigenvalue weighted by Crippen LogP contribution is -2.52. The fourth-order valence-electron chi connectivity index (χ4n) is 2.22. The van der Waals surface area contributed by atoms with Crippen LogP contribution in [0.5, 0.6) is 0 Å². The highest BCUT2D eigenvalue weighted by molar-refractivity contribution is 5.76. The van der Waals surface area contributed by atoms with Crippen LogP contribution in [0.15, 0.2) is 12.2 Å². The van der Waals surface area contributed by atoms with E-state index in [4.69, 9.17) is 0 Å². The Labute approximate surface area is 85.1 Å². The van der Waals surface area contributed by atoms with Crippen LogP contribution in [-0.2, 0) is 9.53 Å². The molecule has 1 fully saturated rings. The number of hydrogen-bond donors (Lipinski definition) is 0. The Morgan fingerprint density at radius 3 is 2.60 bits per heavy atom. The first-order valence-electron chi connectivity index (χ1n) is 4.92. The van der Waals surface area contributed by atoms with Crippen LogP contribution in [0.1, 0.15) is 25.7 Å². The van der Waals surface area contributed by atoms with Crippen LogP contribution in [0.3, 0.4) is 0 Å². The van der Waals surface area contributed by atoms with Gasteiger partial charge in [-0.1, -0.05) is 6.08 Å². The van der Waals surface area contributed by atoms with Crippen LogP contribution in [0.4, 0.5) is 13.2 Å². The second-order valence-corrected chi connectivity index (χ2v) is 4.06. The number of fused-ring (bicyclic) bond motifs is 1. The van der Waals surface area contributed by atoms with Gasteiger partial charge in [-0.15, -0.1) is 0 Å². The van der Waals surface area contributed by atoms with E-state index in [0.29, 0.717) is 6.42 Å². The van der Waals surface area contributed by atoms with Gasteiger partial charge in [0, 0.05) is 5.92 Å². The molecule has 1 saturated carbocycles. The van der Waals surface area contributed by atoms with Crippen molar-refractivity contribution in [3.8, 4) is 0 Å². The number of carbonyl (C=O) groups excluding carboxylic acids is 1. The Kier molecular flexibility index (Phi) is 2.28. The van der Waals surface area contributed by atoms with Gasteiger partial charge in [0.05, 0.1) is 0 Å². The highest BCUT2D eigenvalue weighted by atomic mass is 19.4. The minimum Gasteiger partial charge on any atom is -0.448 e. The Balaban J connectivity index is 2.08. The molecule has 0 bridgehead atoms. The molecule has 15 heavy (non-hydrogen) atoms. The van der Waals surface area contributed by atoms with Crippen molar-refractivity contribution in [2.75, 3.05) is 0 Å². The highest BCUT2D eigenvalue weighted by Gasteiger charge is 2.53. The van der Waals surface area contributed by atoms with Gasteiger partial charge < -0.3 is 4.74 Å². The van der Waals surface area contributed by atoms with Crippen molar-refractivity contribution in [1.82, 2.24) is 0 Å². The maximum absolute atomic E-state index is 12.0. The van der Waals surface area contributed by atoms with Gasteiger partial charge >= 0.3 is 12.1 Å². The molecule has 2 aliphatic rings. The summed E-state index contributed by atoms with van der Waals surface area (Å²) in [5, 5.41) is 0. The van der Waals surface area contributed by atoms with Crippen molar-refractivity contribution in [3.05, 3.63) is 12.2 Å². The van der Waals surface area contributed by atoms with Crippen LogP contribution >= 0.6 is 0 Å². The number of allylic oxidation sites excluding steroid dienone is 1. The molecule has 0 aromatic heterocycles. The molecule has 0 saturated heterocycles. The van der Waals surface area contributed by atoms with E-state index in [9.17, 15) is 18.0 Å². The highest BCUT2D eigenvalue weighted by Crippen LogP contribution is 2.48. The zero-order valence-electron chi connectivity index (χ0n) is 8.01. The summed E-state index contributed by atoms with van der Waals surface area (Å²) < 4.78 is 40.7. The molecule has 2 aliphatic carbocycles. The van der Waals surface area contributed by atoms with Gasteiger partial charge in [-0.05, 0) is 31.8 Å². The first kappa shape index (κ1) is 10.5. The number of esters is 1. The summed E-state index contributed by atoms with van der Waals surface area (Å²) in [4.78, 5) is 10.7. The van der Waals surface area contributed by atoms with E-state index in [1.807, 2.05) is 0 Å². The Hall–Kier alpha value is -1.00. The summed E-state index contributed by atoms with van der Waals surface area (Å²) in [5.41, 5.74) is -0.954. The van der Waals surface area contributed by atoms with Gasteiger partial charge in [0.2, 0.25) is 0 Å². The van der Waals surface area contributed by atoms with Crippen molar-refractivity contribution in [3.63, 3.8) is 0 Å². The molecule has 5 heteroatoms. The van der Waals surface area contributed by atoms with E-state index in [0.717, 1.165) is 19.3 Å². The van der Waals surface area contributed by atoms with Crippen molar-refractivity contribution < 1.29 is 22.7 Å². The lowest BCUT2D eigenvalue weighted by Gasteiger charge is -2.48. The third-order valence-electron chi connectivity index (χ3n) is 3.17. The molecule has 0 N–H and O–H groups in total. The molecule has 84 valence electrons. The third kappa shape index (κ3) is 1.75. The van der Waals surface area contributed by atoms with E-state index in [1.165, 1.54) is 0 Å². The summed E-state index contributed by atoms with van der Waals surface area (Å²) >= 11 is 0. The van der Waals surface area contributed by atoms with E-state index in [-0.39, 0.29) is 5.92 Å². The van der Waals surface area contributed by atoms with Gasteiger partial charge in [0.1, 0.15) is 5.60 Å². The molecular formula is C10H11F3O2. The van der Waals surface area contributed by atoms with Crippen LogP contribution in [0.25, 0.3) is 0 Å². The largest absolute Gasteiger partial charge is 0.490 e. The van der Waals surface area contributed by atoms with E-state index >= 15 is 0 Å². The SMILES string of the molecule is O=C(OC12C=CCCC1CC2)C(F)(F)F. The molecule has 2 rings (SSSR count). The van der Waals surface area contributed by atoms with Crippen LogP contribution in [0, 0.1) is 5.92 Å². The zero-order chi connectivity index (χ0) is 11.1. The molecule has 0 spiro atoms. The maximum atomic E-state index is 12.0. The standard InChI is InChI=1S/C10H11F3O2/c11-10(12,13)8(14)15-9-5-2-1-3-7(9)4-6-9/h2,5,7H,1,3-4,6H2. The van der Waals surface area contributed by atoms with Crippen molar-refractivity contribution >= 4 is 5.97 Å². The zero-order valence-corrected chi connectivity index (χ0v) is 8.01. The summed E-state index contributed by atoms with van der Waals surface area (Å²) in [5.74, 6) is -1.99. The summed E-state index contributed by atoms with van der Waals surface area (Å²) in [7, 11) is 0. The van der Waals surface area contributed by atoms with Gasteiger partial charge in [-0.2, -0.15) is 13.2 Å². The average molecular weight is 220 g/mol. The van der Waals surface area contributed by atoms with Crippen molar-refractivity contribution in [1.29, 1.82) is 0 Å². The average Bonchev–Trinajstić information content (AvgIpc) is 2.10. The minimum absolute atomic E-state index is 0.0776. The molecule has 0 aromatic carbocycles. The summed E-state index contributed by atoms with van der Waals surface area (Å²) in [6, 6.07) is 0. The molecule has 2 unspecified atom stereocenters. The second kappa shape index (κ2) is 3.25. The first-order chi connectivity index (χ1) is 6.94. The second-order valence-electron chi connectivity index (χ2n) is 4.06. The predicted molar refractivity (Wildman–Crippen MR) is 46.0 cm³/mol. The van der Waals surface area contributed by atoms with Crippen LogP contribution in [0.2, 0.25) is 0 Å². The predicted octanol–water partition coefficient (Wildman–Crippen LogP) is 2.59. The monoisotopic (exact) mass is 220 g/mol. The van der Waals surface area contributed by atoms with Gasteiger partial charge in [-0.3, -0.25) is 0 Å². The normalized spacial score (nSPS) is 34.2. The molecule has 0 heterocycles. The van der Waals surface area contributed by atoms with Gasteiger partial charge in [-0.25, -0.2) is 4.79 Å². The van der Waals surface area contributed by atoms with E-state index < -0.39 is 17.7 Å². The fourth-order valence-corrected chi connectivity index (χ4v) is 2.22. The lowest BCUT2D eigenvalue weighted by molar-refractivity contribution is -0.223. The topological polar surface area (TPSA) is 26.3 Å². The third-order valence-corrected chi connectivity index (χ3v) is 3.17. The maximum Gasteiger partial charge on any atom is 0.490 e. The molecule has 0 amide bonds. The quantitative estimate of drug-likeness (QED) is 0.501. The number of rotatable bonds is 1. The molecule has 0 aliphatic heterocycles. The summed E-state index contributed by atoms with van der Waals surface area (Å²) in [6.07, 6.45) is 1.54. The van der Waals surface area contributed by atoms with E-state index in [2.05, 4.69) is 4.74 Å². The number of hydrogen-bond acceptors (Lipinski definition) is 2. The number of ether oxygens (including phenoxy) is 1. The lowest BCUT2D eigenvalue weighted by atomic mass is 9.64. The molecule has 2 nitrogen and oxygen atoms in total. The van der Waals surface area contributed by atoms with Crippen LogP contribution < -0.4 is 0 Å². The number of carbonyl (C=O) groups is 1. The Morgan fingerprint density at radius 2 is 2.13 bits per heavy atom. The fraction of sp³-hybridized carbons (Fsp3) is 0.700. The van der Waals surface area contributed by atoms with Crippen molar-refractivity contribution in [2.24, 2.45) is 5.92 Å². The van der Waals surface area contributed by atoms with Gasteiger partial charge in [0.25, 0.3) is 0 Å². The first-order valence-corrected chi connectivity index (χ1v) is 4.92. The molecular weight excluding hydrogens is 209 g/mol. The number of halogens is 3. The molecule has 0 aromatic rings. The summed E-state index contributed by atoms with van der Waals surface area (Å²) in [6.45, 7) is 0. The number of alkyl halides is 3. The smallest absolute Gasteiger partial charge is 0.448 e.